The van der Waals surface area contributed by atoms with Crippen LogP contribution in [0.1, 0.15) is 22.6 Å². The van der Waals surface area contributed by atoms with E-state index in [1.54, 1.807) is 10.9 Å². The Morgan fingerprint density at radius 3 is 2.85 bits per heavy atom. The summed E-state index contributed by atoms with van der Waals surface area (Å²) >= 11 is 0. The van der Waals surface area contributed by atoms with Crippen LogP contribution < -0.4 is 5.32 Å². The number of aromatic nitrogens is 4. The largest absolute Gasteiger partial charge is 0.336 e. The molecule has 7 nitrogen and oxygen atoms in total. The van der Waals surface area contributed by atoms with Gasteiger partial charge in [0.15, 0.2) is 5.69 Å². The molecule has 1 amide bonds. The van der Waals surface area contributed by atoms with E-state index in [1.807, 2.05) is 42.3 Å². The average molecular weight is 409 g/mol. The summed E-state index contributed by atoms with van der Waals surface area (Å²) in [6, 6.07) is 7.90. The fraction of sp³-hybridized carbons (Fsp3) is 0.333. The van der Waals surface area contributed by atoms with Gasteiger partial charge < -0.3 is 10.2 Å². The summed E-state index contributed by atoms with van der Waals surface area (Å²) < 4.78 is 1.74. The first-order valence-corrected chi connectivity index (χ1v) is 8.51. The number of nitrogens with zero attached hydrogens (tertiary/aromatic N) is 5. The van der Waals surface area contributed by atoms with E-state index in [-0.39, 0.29) is 30.7 Å². The lowest BCUT2D eigenvalue weighted by atomic mass is 10.1. The van der Waals surface area contributed by atoms with Gasteiger partial charge in [0.25, 0.3) is 5.91 Å². The van der Waals surface area contributed by atoms with E-state index in [0.29, 0.717) is 12.2 Å². The predicted molar refractivity (Wildman–Crippen MR) is 109 cm³/mol. The molecule has 3 heterocycles. The molecular weight excluding hydrogens is 387 g/mol. The van der Waals surface area contributed by atoms with Crippen LogP contribution in [0, 0.1) is 6.92 Å². The highest BCUT2D eigenvalue weighted by Crippen LogP contribution is 2.23. The minimum absolute atomic E-state index is 0. The van der Waals surface area contributed by atoms with E-state index >= 15 is 0 Å². The molecule has 0 unspecified atom stereocenters. The Morgan fingerprint density at radius 2 is 2.00 bits per heavy atom. The van der Waals surface area contributed by atoms with Gasteiger partial charge in [0.1, 0.15) is 0 Å². The molecule has 0 spiro atoms. The molecule has 0 bridgehead atoms. The molecule has 1 aliphatic heterocycles. The molecule has 0 saturated carbocycles. The van der Waals surface area contributed by atoms with Crippen molar-refractivity contribution < 1.29 is 4.79 Å². The average Bonchev–Trinajstić information content (AvgIpc) is 2.85. The number of carbonyl (C=O) groups excluding carboxylic acids is 1. The van der Waals surface area contributed by atoms with Gasteiger partial charge in [-0.3, -0.25) is 9.78 Å². The SMILES string of the molecule is Cc1c(C(=O)N2CCCNCC2)nnn1-c1cccc2cnccc12.Cl.Cl. The Morgan fingerprint density at radius 1 is 1.15 bits per heavy atom. The molecule has 9 heteroatoms. The van der Waals surface area contributed by atoms with Gasteiger partial charge in [0.2, 0.25) is 0 Å². The number of hydrogen-bond acceptors (Lipinski definition) is 5. The Kier molecular flexibility index (Phi) is 7.12. The number of nitrogens with one attached hydrogen (secondary N) is 1. The standard InChI is InChI=1S/C18H20N6O.2ClH/c1-13-17(18(25)23-10-3-7-19-9-11-23)21-22-24(13)16-5-2-4-14-12-20-8-6-15(14)16;;/h2,4-6,8,12,19H,3,7,9-11H2,1H3;2*1H. The van der Waals surface area contributed by atoms with Gasteiger partial charge in [-0.1, -0.05) is 17.3 Å². The smallest absolute Gasteiger partial charge is 0.276 e. The molecule has 0 radical (unpaired) electrons. The molecule has 0 aliphatic carbocycles. The van der Waals surface area contributed by atoms with Crippen molar-refractivity contribution in [2.45, 2.75) is 13.3 Å². The van der Waals surface area contributed by atoms with Crippen LogP contribution in [0.2, 0.25) is 0 Å². The molecule has 2 aromatic heterocycles. The summed E-state index contributed by atoms with van der Waals surface area (Å²) in [7, 11) is 0. The molecule has 0 atom stereocenters. The summed E-state index contributed by atoms with van der Waals surface area (Å²) in [6.07, 6.45) is 4.53. The van der Waals surface area contributed by atoms with Crippen LogP contribution in [-0.4, -0.2) is 57.0 Å². The third-order valence-corrected chi connectivity index (χ3v) is 4.61. The highest BCUT2D eigenvalue weighted by atomic mass is 35.5. The molecule has 1 aromatic carbocycles. The van der Waals surface area contributed by atoms with Crippen molar-refractivity contribution in [3.8, 4) is 5.69 Å². The minimum Gasteiger partial charge on any atom is -0.336 e. The lowest BCUT2D eigenvalue weighted by molar-refractivity contribution is 0.0759. The number of rotatable bonds is 2. The van der Waals surface area contributed by atoms with E-state index in [1.165, 1.54) is 0 Å². The first-order valence-electron chi connectivity index (χ1n) is 8.51. The van der Waals surface area contributed by atoms with Gasteiger partial charge in [-0.25, -0.2) is 4.68 Å². The molecule has 1 saturated heterocycles. The Labute approximate surface area is 170 Å². The Balaban J connectivity index is 0.00000131. The Hall–Kier alpha value is -2.22. The lowest BCUT2D eigenvalue weighted by Gasteiger charge is -2.18. The van der Waals surface area contributed by atoms with Crippen LogP contribution >= 0.6 is 24.8 Å². The second-order valence-corrected chi connectivity index (χ2v) is 6.20. The van der Waals surface area contributed by atoms with Gasteiger partial charge in [0, 0.05) is 42.8 Å². The molecule has 4 rings (SSSR count). The van der Waals surface area contributed by atoms with Crippen molar-refractivity contribution in [2.75, 3.05) is 26.2 Å². The second kappa shape index (κ2) is 9.12. The topological polar surface area (TPSA) is 75.9 Å². The first kappa shape index (κ1) is 21.1. The fourth-order valence-corrected chi connectivity index (χ4v) is 3.24. The summed E-state index contributed by atoms with van der Waals surface area (Å²) in [5.74, 6) is -0.0469. The highest BCUT2D eigenvalue weighted by molar-refractivity contribution is 5.94. The van der Waals surface area contributed by atoms with Gasteiger partial charge in [-0.2, -0.15) is 0 Å². The zero-order valence-electron chi connectivity index (χ0n) is 15.0. The minimum atomic E-state index is -0.0469. The predicted octanol–water partition coefficient (Wildman–Crippen LogP) is 2.40. The lowest BCUT2D eigenvalue weighted by Crippen LogP contribution is -2.34. The maximum absolute atomic E-state index is 12.9. The van der Waals surface area contributed by atoms with Gasteiger partial charge in [0.05, 0.1) is 11.4 Å². The summed E-state index contributed by atoms with van der Waals surface area (Å²) in [4.78, 5) is 18.9. The number of halogens is 2. The van der Waals surface area contributed by atoms with Crippen molar-refractivity contribution in [1.29, 1.82) is 0 Å². The first-order chi connectivity index (χ1) is 12.3. The number of fused-ring (bicyclic) bond motifs is 1. The number of benzene rings is 1. The molecule has 1 N–H and O–H groups in total. The van der Waals surface area contributed by atoms with Gasteiger partial charge in [-0.05, 0) is 32.0 Å². The Bertz CT molecular complexity index is 916. The normalized spacial score (nSPS) is 14.2. The van der Waals surface area contributed by atoms with Crippen molar-refractivity contribution in [3.63, 3.8) is 0 Å². The van der Waals surface area contributed by atoms with Crippen LogP contribution in [0.25, 0.3) is 16.5 Å². The summed E-state index contributed by atoms with van der Waals surface area (Å²) in [5, 5.41) is 13.8. The summed E-state index contributed by atoms with van der Waals surface area (Å²) in [5.41, 5.74) is 2.08. The monoisotopic (exact) mass is 408 g/mol. The maximum atomic E-state index is 12.9. The molecule has 3 aromatic rings. The second-order valence-electron chi connectivity index (χ2n) is 6.20. The number of hydrogen-bond donors (Lipinski definition) is 1. The molecular formula is C18H22Cl2N6O. The number of pyridine rings is 1. The van der Waals surface area contributed by atoms with E-state index in [4.69, 9.17) is 0 Å². The van der Waals surface area contributed by atoms with Crippen molar-refractivity contribution in [2.24, 2.45) is 0 Å². The molecule has 1 fully saturated rings. The van der Waals surface area contributed by atoms with Crippen LogP contribution in [0.4, 0.5) is 0 Å². The van der Waals surface area contributed by atoms with Crippen LogP contribution in [-0.2, 0) is 0 Å². The zero-order chi connectivity index (χ0) is 17.2. The third kappa shape index (κ3) is 4.05. The van der Waals surface area contributed by atoms with E-state index in [0.717, 1.165) is 48.2 Å². The highest BCUT2D eigenvalue weighted by Gasteiger charge is 2.24. The quantitative estimate of drug-likeness (QED) is 0.704. The zero-order valence-corrected chi connectivity index (χ0v) is 16.6. The van der Waals surface area contributed by atoms with Gasteiger partial charge in [-0.15, -0.1) is 29.9 Å². The van der Waals surface area contributed by atoms with Crippen LogP contribution in [0.5, 0.6) is 0 Å². The van der Waals surface area contributed by atoms with E-state index in [9.17, 15) is 4.79 Å². The van der Waals surface area contributed by atoms with Crippen molar-refractivity contribution in [3.05, 3.63) is 48.0 Å². The number of carbonyl (C=O) groups is 1. The molecule has 1 aliphatic rings. The van der Waals surface area contributed by atoms with Crippen LogP contribution in [0.3, 0.4) is 0 Å². The summed E-state index contributed by atoms with van der Waals surface area (Å²) in [6.45, 7) is 5.10. The van der Waals surface area contributed by atoms with Crippen molar-refractivity contribution >= 4 is 41.5 Å². The third-order valence-electron chi connectivity index (χ3n) is 4.61. The van der Waals surface area contributed by atoms with Gasteiger partial charge >= 0.3 is 0 Å². The number of amides is 1. The maximum Gasteiger partial charge on any atom is 0.276 e. The van der Waals surface area contributed by atoms with E-state index < -0.39 is 0 Å². The van der Waals surface area contributed by atoms with Crippen molar-refractivity contribution in [1.82, 2.24) is 30.2 Å². The molecule has 144 valence electrons. The van der Waals surface area contributed by atoms with Crippen LogP contribution in [0.15, 0.2) is 36.7 Å². The fourth-order valence-electron chi connectivity index (χ4n) is 3.24. The van der Waals surface area contributed by atoms with E-state index in [2.05, 4.69) is 20.6 Å². The molecule has 27 heavy (non-hydrogen) atoms.